The van der Waals surface area contributed by atoms with Crippen LogP contribution in [0.4, 0.5) is 11.4 Å². The van der Waals surface area contributed by atoms with Gasteiger partial charge in [-0.1, -0.05) is 29.8 Å². The van der Waals surface area contributed by atoms with Crippen molar-refractivity contribution in [2.75, 3.05) is 11.9 Å². The molecular weight excluding hydrogens is 358 g/mol. The van der Waals surface area contributed by atoms with E-state index < -0.39 is 31.6 Å². The number of non-ortho nitro benzene ring substituents is 1. The van der Waals surface area contributed by atoms with E-state index in [1.54, 1.807) is 24.3 Å². The highest BCUT2D eigenvalue weighted by molar-refractivity contribution is 7.89. The van der Waals surface area contributed by atoms with Crippen molar-refractivity contribution in [3.63, 3.8) is 0 Å². The summed E-state index contributed by atoms with van der Waals surface area (Å²) >= 11 is 5.98. The van der Waals surface area contributed by atoms with E-state index in [4.69, 9.17) is 16.7 Å². The molecule has 0 aliphatic carbocycles. The van der Waals surface area contributed by atoms with Crippen LogP contribution in [0, 0.1) is 10.1 Å². The van der Waals surface area contributed by atoms with Crippen molar-refractivity contribution in [3.05, 3.63) is 63.2 Å². The normalized spacial score (nSPS) is 12.6. The van der Waals surface area contributed by atoms with Gasteiger partial charge in [-0.25, -0.2) is 13.6 Å². The molecule has 0 saturated heterocycles. The summed E-state index contributed by atoms with van der Waals surface area (Å²) in [7, 11) is -4.18. The van der Waals surface area contributed by atoms with E-state index in [9.17, 15) is 23.6 Å². The molecule has 0 aromatic heterocycles. The molecular formula is C14H14ClN3O5S. The fourth-order valence-corrected chi connectivity index (χ4v) is 3.06. The number of hydrogen-bond donors (Lipinski definition) is 3. The number of nitrogens with one attached hydrogen (secondary N) is 1. The van der Waals surface area contributed by atoms with E-state index in [-0.39, 0.29) is 12.2 Å². The second-order valence-electron chi connectivity index (χ2n) is 4.90. The number of nitrogens with zero attached hydrogens (tertiary/aromatic N) is 1. The van der Waals surface area contributed by atoms with E-state index in [0.29, 0.717) is 10.6 Å². The van der Waals surface area contributed by atoms with E-state index in [2.05, 4.69) is 5.32 Å². The second-order valence-corrected chi connectivity index (χ2v) is 6.84. The highest BCUT2D eigenvalue weighted by Gasteiger charge is 2.20. The lowest BCUT2D eigenvalue weighted by Gasteiger charge is -2.16. The molecule has 8 nitrogen and oxygen atoms in total. The Hall–Kier alpha value is -2.20. The number of aliphatic hydroxyl groups is 1. The Morgan fingerprint density at radius 1 is 1.29 bits per heavy atom. The quantitative estimate of drug-likeness (QED) is 0.525. The highest BCUT2D eigenvalue weighted by Crippen LogP contribution is 2.27. The van der Waals surface area contributed by atoms with Crippen LogP contribution < -0.4 is 10.5 Å². The lowest BCUT2D eigenvalue weighted by Crippen LogP contribution is -2.18. The van der Waals surface area contributed by atoms with Crippen molar-refractivity contribution in [2.45, 2.75) is 11.0 Å². The molecule has 0 amide bonds. The summed E-state index contributed by atoms with van der Waals surface area (Å²) in [5.41, 5.74) is 0.108. The number of aliphatic hydroxyl groups excluding tert-OH is 1. The van der Waals surface area contributed by atoms with Gasteiger partial charge in [0.2, 0.25) is 10.0 Å². The van der Waals surface area contributed by atoms with Crippen LogP contribution in [0.25, 0.3) is 0 Å². The number of benzene rings is 2. The third-order valence-electron chi connectivity index (χ3n) is 3.23. The fourth-order valence-electron chi connectivity index (χ4n) is 2.07. The molecule has 2 aromatic carbocycles. The lowest BCUT2D eigenvalue weighted by molar-refractivity contribution is -0.385. The Balaban J connectivity index is 2.27. The molecule has 10 heteroatoms. The lowest BCUT2D eigenvalue weighted by atomic mass is 10.1. The Labute approximate surface area is 143 Å². The predicted octanol–water partition coefficient (Wildman–Crippen LogP) is 2.04. The summed E-state index contributed by atoms with van der Waals surface area (Å²) in [4.78, 5) is 9.62. The molecule has 0 radical (unpaired) electrons. The van der Waals surface area contributed by atoms with Crippen molar-refractivity contribution < 1.29 is 18.4 Å². The number of halogens is 1. The summed E-state index contributed by atoms with van der Waals surface area (Å²) in [6.07, 6.45) is -1.01. The second kappa shape index (κ2) is 7.14. The van der Waals surface area contributed by atoms with E-state index >= 15 is 0 Å². The maximum atomic E-state index is 11.6. The molecule has 0 aliphatic heterocycles. The SMILES string of the molecule is NS(=O)(=O)c1cc([N+](=O)[O-])ccc1NCC(O)c1ccccc1Cl. The van der Waals surface area contributed by atoms with Crippen LogP contribution in [0.5, 0.6) is 0 Å². The maximum absolute atomic E-state index is 11.6. The number of rotatable bonds is 6. The Morgan fingerprint density at radius 3 is 2.54 bits per heavy atom. The van der Waals surface area contributed by atoms with Crippen molar-refractivity contribution in [1.82, 2.24) is 0 Å². The maximum Gasteiger partial charge on any atom is 0.270 e. The molecule has 24 heavy (non-hydrogen) atoms. The van der Waals surface area contributed by atoms with Crippen LogP contribution in [0.1, 0.15) is 11.7 Å². The third-order valence-corrected chi connectivity index (χ3v) is 4.53. The number of nitro groups is 1. The van der Waals surface area contributed by atoms with Gasteiger partial charge in [0, 0.05) is 29.3 Å². The summed E-state index contributed by atoms with van der Waals surface area (Å²) in [6, 6.07) is 9.87. The van der Waals surface area contributed by atoms with Crippen molar-refractivity contribution in [2.24, 2.45) is 5.14 Å². The number of sulfonamides is 1. The minimum atomic E-state index is -4.18. The predicted molar refractivity (Wildman–Crippen MR) is 89.4 cm³/mol. The zero-order chi connectivity index (χ0) is 17.9. The fraction of sp³-hybridized carbons (Fsp3) is 0.143. The molecule has 0 bridgehead atoms. The minimum Gasteiger partial charge on any atom is -0.387 e. The largest absolute Gasteiger partial charge is 0.387 e. The molecule has 1 atom stereocenters. The van der Waals surface area contributed by atoms with Crippen LogP contribution in [0.15, 0.2) is 47.4 Å². The molecule has 0 fully saturated rings. The van der Waals surface area contributed by atoms with Gasteiger partial charge in [-0.2, -0.15) is 0 Å². The summed E-state index contributed by atoms with van der Waals surface area (Å²) in [5.74, 6) is 0. The average Bonchev–Trinajstić information content (AvgIpc) is 2.52. The van der Waals surface area contributed by atoms with Gasteiger partial charge in [0.05, 0.1) is 16.7 Å². The van der Waals surface area contributed by atoms with Gasteiger partial charge in [-0.3, -0.25) is 10.1 Å². The zero-order valence-electron chi connectivity index (χ0n) is 12.2. The molecule has 0 aliphatic rings. The monoisotopic (exact) mass is 371 g/mol. The molecule has 2 aromatic rings. The van der Waals surface area contributed by atoms with E-state index in [0.717, 1.165) is 12.1 Å². The highest BCUT2D eigenvalue weighted by atomic mass is 35.5. The van der Waals surface area contributed by atoms with Gasteiger partial charge >= 0.3 is 0 Å². The summed E-state index contributed by atoms with van der Waals surface area (Å²) < 4.78 is 23.3. The van der Waals surface area contributed by atoms with Gasteiger partial charge in [0.1, 0.15) is 4.90 Å². The van der Waals surface area contributed by atoms with Crippen LogP contribution in [-0.4, -0.2) is 25.0 Å². The van der Waals surface area contributed by atoms with Crippen molar-refractivity contribution >= 4 is 33.0 Å². The number of hydrogen-bond acceptors (Lipinski definition) is 6. The van der Waals surface area contributed by atoms with Gasteiger partial charge < -0.3 is 10.4 Å². The average molecular weight is 372 g/mol. The van der Waals surface area contributed by atoms with Gasteiger partial charge in [-0.15, -0.1) is 0 Å². The first-order valence-electron chi connectivity index (χ1n) is 6.67. The van der Waals surface area contributed by atoms with Crippen LogP contribution >= 0.6 is 11.6 Å². The number of anilines is 1. The Kier molecular flexibility index (Phi) is 5.40. The minimum absolute atomic E-state index is 0.0502. The van der Waals surface area contributed by atoms with E-state index in [1.165, 1.54) is 6.07 Å². The molecule has 0 heterocycles. The summed E-state index contributed by atoms with van der Waals surface area (Å²) in [5, 5.41) is 29.1. The molecule has 0 saturated carbocycles. The van der Waals surface area contributed by atoms with Gasteiger partial charge in [0.25, 0.3) is 5.69 Å². The molecule has 0 spiro atoms. The first-order valence-corrected chi connectivity index (χ1v) is 8.60. The zero-order valence-corrected chi connectivity index (χ0v) is 13.8. The van der Waals surface area contributed by atoms with Gasteiger partial charge in [0.15, 0.2) is 0 Å². The summed E-state index contributed by atoms with van der Waals surface area (Å²) in [6.45, 7) is -0.0654. The number of primary sulfonamides is 1. The number of nitro benzene ring substituents is 1. The first-order chi connectivity index (χ1) is 11.2. The van der Waals surface area contributed by atoms with Crippen LogP contribution in [-0.2, 0) is 10.0 Å². The molecule has 4 N–H and O–H groups in total. The van der Waals surface area contributed by atoms with E-state index in [1.807, 2.05) is 0 Å². The molecule has 1 unspecified atom stereocenters. The molecule has 128 valence electrons. The standard InChI is InChI=1S/C14H14ClN3O5S/c15-11-4-2-1-3-10(11)13(19)8-17-12-6-5-9(18(20)21)7-14(12)24(16,22)23/h1-7,13,17,19H,8H2,(H2,16,22,23). The smallest absolute Gasteiger partial charge is 0.270 e. The van der Waals surface area contributed by atoms with Crippen molar-refractivity contribution in [3.8, 4) is 0 Å². The Morgan fingerprint density at radius 2 is 1.96 bits per heavy atom. The topological polar surface area (TPSA) is 136 Å². The Bertz CT molecular complexity index is 872. The first kappa shape index (κ1) is 18.1. The van der Waals surface area contributed by atoms with Crippen LogP contribution in [0.2, 0.25) is 5.02 Å². The van der Waals surface area contributed by atoms with Crippen LogP contribution in [0.3, 0.4) is 0 Å². The van der Waals surface area contributed by atoms with Crippen molar-refractivity contribution in [1.29, 1.82) is 0 Å². The van der Waals surface area contributed by atoms with Gasteiger partial charge in [-0.05, 0) is 12.1 Å². The third kappa shape index (κ3) is 4.20. The number of nitrogens with two attached hydrogens (primary N) is 1. The molecule has 2 rings (SSSR count).